The monoisotopic (exact) mass is 322 g/mol. The minimum Gasteiger partial charge on any atom is -0.463 e. The van der Waals surface area contributed by atoms with Gasteiger partial charge < -0.3 is 14.8 Å². The van der Waals surface area contributed by atoms with Crippen LogP contribution in [-0.4, -0.2) is 16.6 Å². The van der Waals surface area contributed by atoms with Gasteiger partial charge in [-0.05, 0) is 60.9 Å². The molecule has 124 valence electrons. The fourth-order valence-corrected chi connectivity index (χ4v) is 2.67. The van der Waals surface area contributed by atoms with Crippen molar-refractivity contribution in [3.05, 3.63) is 78.0 Å². The molecule has 0 radical (unpaired) electrons. The maximum atomic E-state index is 10.5. The lowest BCUT2D eigenvalue weighted by molar-refractivity contribution is 0.0333. The maximum Gasteiger partial charge on any atom is 0.136 e. The Morgan fingerprint density at radius 3 is 2.58 bits per heavy atom. The molecule has 0 aliphatic heterocycles. The first-order valence-electron chi connectivity index (χ1n) is 8.04. The number of hydrogen-bond acceptors (Lipinski definition) is 4. The van der Waals surface area contributed by atoms with Crippen LogP contribution in [0.25, 0.3) is 11.1 Å². The summed E-state index contributed by atoms with van der Waals surface area (Å²) >= 11 is 0. The molecular formula is C20H22N2O2. The third-order valence-corrected chi connectivity index (χ3v) is 4.01. The van der Waals surface area contributed by atoms with Crippen LogP contribution in [0.1, 0.15) is 24.0 Å². The Kier molecular flexibility index (Phi) is 4.79. The summed E-state index contributed by atoms with van der Waals surface area (Å²) in [7, 11) is 0. The van der Waals surface area contributed by atoms with Crippen molar-refractivity contribution in [2.45, 2.75) is 26.0 Å². The second kappa shape index (κ2) is 6.99. The summed E-state index contributed by atoms with van der Waals surface area (Å²) in [5, 5.41) is 13.9. The molecule has 24 heavy (non-hydrogen) atoms. The molecular weight excluding hydrogens is 300 g/mol. The van der Waals surface area contributed by atoms with Crippen molar-refractivity contribution in [3.63, 3.8) is 0 Å². The van der Waals surface area contributed by atoms with Gasteiger partial charge in [-0.1, -0.05) is 18.2 Å². The molecule has 0 amide bonds. The Labute approximate surface area is 142 Å². The fourth-order valence-electron chi connectivity index (χ4n) is 2.67. The quantitative estimate of drug-likeness (QED) is 0.727. The Bertz CT molecular complexity index is 794. The van der Waals surface area contributed by atoms with Crippen LogP contribution in [0, 0.1) is 6.92 Å². The van der Waals surface area contributed by atoms with Gasteiger partial charge in [0.25, 0.3) is 0 Å². The molecule has 3 rings (SSSR count). The molecule has 4 nitrogen and oxygen atoms in total. The standard InChI is InChI=1S/C20H22N2O2/c1-15-6-7-19(24-15)20(2,23)14-22-13-16-4-3-5-18(12-16)17-8-10-21-11-9-17/h3-12,22-23H,13-14H2,1-2H3. The second-order valence-electron chi connectivity index (χ2n) is 6.22. The van der Waals surface area contributed by atoms with E-state index in [0.29, 0.717) is 18.8 Å². The van der Waals surface area contributed by atoms with Crippen LogP contribution in [0.2, 0.25) is 0 Å². The number of furan rings is 1. The lowest BCUT2D eigenvalue weighted by Crippen LogP contribution is -2.34. The molecule has 0 fully saturated rings. The van der Waals surface area contributed by atoms with Crippen LogP contribution in [0.15, 0.2) is 65.3 Å². The number of pyridine rings is 1. The largest absolute Gasteiger partial charge is 0.463 e. The summed E-state index contributed by atoms with van der Waals surface area (Å²) < 4.78 is 5.53. The molecule has 1 unspecified atom stereocenters. The Balaban J connectivity index is 1.63. The van der Waals surface area contributed by atoms with Crippen molar-refractivity contribution in [2.75, 3.05) is 6.54 Å². The van der Waals surface area contributed by atoms with E-state index >= 15 is 0 Å². The zero-order chi connectivity index (χ0) is 17.0. The summed E-state index contributed by atoms with van der Waals surface area (Å²) in [5.41, 5.74) is 2.43. The molecule has 3 aromatic rings. The van der Waals surface area contributed by atoms with E-state index < -0.39 is 5.60 Å². The molecule has 1 atom stereocenters. The van der Waals surface area contributed by atoms with Gasteiger partial charge in [0.2, 0.25) is 0 Å². The molecule has 0 bridgehead atoms. The van der Waals surface area contributed by atoms with E-state index in [1.165, 1.54) is 0 Å². The molecule has 0 saturated heterocycles. The maximum absolute atomic E-state index is 10.5. The van der Waals surface area contributed by atoms with Crippen LogP contribution in [0.4, 0.5) is 0 Å². The topological polar surface area (TPSA) is 58.3 Å². The Morgan fingerprint density at radius 2 is 1.88 bits per heavy atom. The molecule has 4 heteroatoms. The van der Waals surface area contributed by atoms with Gasteiger partial charge in [-0.25, -0.2) is 0 Å². The van der Waals surface area contributed by atoms with Gasteiger partial charge in [-0.3, -0.25) is 4.98 Å². The number of hydrogen-bond donors (Lipinski definition) is 2. The highest BCUT2D eigenvalue weighted by Crippen LogP contribution is 2.23. The number of aryl methyl sites for hydroxylation is 1. The summed E-state index contributed by atoms with van der Waals surface area (Å²) in [5.74, 6) is 1.38. The minimum absolute atomic E-state index is 0.416. The van der Waals surface area contributed by atoms with Crippen molar-refractivity contribution in [1.82, 2.24) is 10.3 Å². The van der Waals surface area contributed by atoms with Crippen molar-refractivity contribution in [3.8, 4) is 11.1 Å². The summed E-state index contributed by atoms with van der Waals surface area (Å²) in [6.45, 7) is 4.72. The van der Waals surface area contributed by atoms with Crippen LogP contribution in [0.5, 0.6) is 0 Å². The third-order valence-electron chi connectivity index (χ3n) is 4.01. The molecule has 2 aromatic heterocycles. The van der Waals surface area contributed by atoms with Crippen LogP contribution < -0.4 is 5.32 Å². The van der Waals surface area contributed by atoms with Crippen LogP contribution in [-0.2, 0) is 12.1 Å². The van der Waals surface area contributed by atoms with Gasteiger partial charge in [0.15, 0.2) is 0 Å². The van der Waals surface area contributed by atoms with E-state index in [2.05, 4.69) is 28.5 Å². The molecule has 0 aliphatic carbocycles. The zero-order valence-corrected chi connectivity index (χ0v) is 14.0. The van der Waals surface area contributed by atoms with Crippen LogP contribution in [0.3, 0.4) is 0 Å². The zero-order valence-electron chi connectivity index (χ0n) is 14.0. The second-order valence-corrected chi connectivity index (χ2v) is 6.22. The number of aliphatic hydroxyl groups is 1. The molecule has 2 N–H and O–H groups in total. The summed E-state index contributed by atoms with van der Waals surface area (Å²) in [4.78, 5) is 4.05. The smallest absolute Gasteiger partial charge is 0.136 e. The molecule has 0 spiro atoms. The number of benzene rings is 1. The predicted molar refractivity (Wildman–Crippen MR) is 94.4 cm³/mol. The van der Waals surface area contributed by atoms with Crippen molar-refractivity contribution >= 4 is 0 Å². The molecule has 2 heterocycles. The van der Waals surface area contributed by atoms with E-state index in [9.17, 15) is 5.11 Å². The first kappa shape index (κ1) is 16.4. The number of nitrogens with zero attached hydrogens (tertiary/aromatic N) is 1. The lowest BCUT2D eigenvalue weighted by atomic mass is 10.0. The van der Waals surface area contributed by atoms with Crippen molar-refractivity contribution < 1.29 is 9.52 Å². The minimum atomic E-state index is -1.03. The average Bonchev–Trinajstić information content (AvgIpc) is 3.03. The highest BCUT2D eigenvalue weighted by atomic mass is 16.4. The number of rotatable bonds is 6. The van der Waals surface area contributed by atoms with Crippen molar-refractivity contribution in [1.29, 1.82) is 0 Å². The summed E-state index contributed by atoms with van der Waals surface area (Å²) in [6, 6.07) is 16.0. The fraction of sp³-hybridized carbons (Fsp3) is 0.250. The van der Waals surface area contributed by atoms with E-state index in [4.69, 9.17) is 4.42 Å². The van der Waals surface area contributed by atoms with Gasteiger partial charge in [-0.2, -0.15) is 0 Å². The first-order valence-corrected chi connectivity index (χ1v) is 8.04. The van der Waals surface area contributed by atoms with Gasteiger partial charge in [0.1, 0.15) is 17.1 Å². The Hall–Kier alpha value is -2.43. The van der Waals surface area contributed by atoms with Crippen molar-refractivity contribution in [2.24, 2.45) is 0 Å². The number of nitrogens with one attached hydrogen (secondary N) is 1. The van der Waals surface area contributed by atoms with E-state index in [1.807, 2.05) is 37.3 Å². The average molecular weight is 322 g/mol. The lowest BCUT2D eigenvalue weighted by Gasteiger charge is -2.21. The summed E-state index contributed by atoms with van der Waals surface area (Å²) in [6.07, 6.45) is 3.59. The van der Waals surface area contributed by atoms with E-state index in [0.717, 1.165) is 22.5 Å². The number of aromatic nitrogens is 1. The van der Waals surface area contributed by atoms with Gasteiger partial charge in [-0.15, -0.1) is 0 Å². The SMILES string of the molecule is Cc1ccc(C(C)(O)CNCc2cccc(-c3ccncc3)c2)o1. The van der Waals surface area contributed by atoms with Gasteiger partial charge in [0.05, 0.1) is 0 Å². The first-order chi connectivity index (χ1) is 11.5. The normalized spacial score (nSPS) is 13.6. The van der Waals surface area contributed by atoms with Gasteiger partial charge >= 0.3 is 0 Å². The van der Waals surface area contributed by atoms with Crippen LogP contribution >= 0.6 is 0 Å². The molecule has 0 saturated carbocycles. The van der Waals surface area contributed by atoms with E-state index in [1.54, 1.807) is 19.3 Å². The molecule has 1 aromatic carbocycles. The predicted octanol–water partition coefficient (Wildman–Crippen LogP) is 3.65. The highest BCUT2D eigenvalue weighted by molar-refractivity contribution is 5.63. The highest BCUT2D eigenvalue weighted by Gasteiger charge is 2.26. The third kappa shape index (κ3) is 3.91. The molecule has 0 aliphatic rings. The Morgan fingerprint density at radius 1 is 1.08 bits per heavy atom. The van der Waals surface area contributed by atoms with Gasteiger partial charge in [0, 0.05) is 25.5 Å². The van der Waals surface area contributed by atoms with E-state index in [-0.39, 0.29) is 0 Å².